The number of hydrogen-bond donors (Lipinski definition) is 0. The van der Waals surface area contributed by atoms with Crippen LogP contribution < -0.4 is 20.8 Å². The summed E-state index contributed by atoms with van der Waals surface area (Å²) in [5.41, 5.74) is 0.919. The Morgan fingerprint density at radius 1 is 0.708 bits per heavy atom. The molecule has 0 radical (unpaired) electrons. The van der Waals surface area contributed by atoms with E-state index < -0.39 is 7.92 Å². The first kappa shape index (κ1) is 16.4. The van der Waals surface area contributed by atoms with Crippen LogP contribution in [-0.2, 0) is 4.79 Å². The molecule has 0 N–H and O–H groups in total. The predicted octanol–water partition coefficient (Wildman–Crippen LogP) is 3.43. The van der Waals surface area contributed by atoms with Crippen molar-refractivity contribution in [2.75, 3.05) is 11.9 Å². The molecule has 3 aromatic rings. The maximum Gasteiger partial charge on any atom is 0.223 e. The van der Waals surface area contributed by atoms with Crippen LogP contribution in [-0.4, -0.2) is 13.0 Å². The number of nitrogens with zero attached hydrogens (tertiary/aromatic N) is 1. The summed E-state index contributed by atoms with van der Waals surface area (Å²) in [6, 6.07) is 29.5. The minimum absolute atomic E-state index is 0.0381. The van der Waals surface area contributed by atoms with Gasteiger partial charge in [0.2, 0.25) is 5.91 Å². The second-order valence-electron chi connectivity index (χ2n) is 5.60. The first-order valence-corrected chi connectivity index (χ1v) is 9.25. The van der Waals surface area contributed by atoms with Crippen molar-refractivity contribution >= 4 is 35.4 Å². The van der Waals surface area contributed by atoms with Gasteiger partial charge in [0.05, 0.1) is 0 Å². The summed E-state index contributed by atoms with van der Waals surface area (Å²) in [4.78, 5) is 13.2. The Kier molecular flexibility index (Phi) is 5.08. The van der Waals surface area contributed by atoms with Gasteiger partial charge in [-0.15, -0.1) is 0 Å². The molecule has 0 atom stereocenters. The lowest BCUT2D eigenvalue weighted by Crippen LogP contribution is -2.24. The molecule has 3 aromatic carbocycles. The van der Waals surface area contributed by atoms with Crippen LogP contribution in [0.3, 0.4) is 0 Å². The Morgan fingerprint density at radius 2 is 1.12 bits per heavy atom. The Balaban J connectivity index is 2.02. The smallest absolute Gasteiger partial charge is 0.223 e. The van der Waals surface area contributed by atoms with E-state index in [0.29, 0.717) is 0 Å². The number of benzene rings is 3. The minimum Gasteiger partial charge on any atom is -0.316 e. The van der Waals surface area contributed by atoms with Gasteiger partial charge in [-0.25, -0.2) is 0 Å². The summed E-state index contributed by atoms with van der Waals surface area (Å²) >= 11 is 0. The maximum atomic E-state index is 11.5. The molecule has 0 saturated heterocycles. The van der Waals surface area contributed by atoms with Gasteiger partial charge in [-0.3, -0.25) is 4.79 Å². The molecule has 0 heterocycles. The minimum atomic E-state index is -0.596. The normalized spacial score (nSPS) is 10.6. The van der Waals surface area contributed by atoms with Gasteiger partial charge >= 0.3 is 0 Å². The second-order valence-corrected chi connectivity index (χ2v) is 7.82. The van der Waals surface area contributed by atoms with Gasteiger partial charge < -0.3 is 4.90 Å². The lowest BCUT2D eigenvalue weighted by Gasteiger charge is -2.21. The Bertz CT molecular complexity index is 761. The number of carbonyl (C=O) groups is 1. The van der Waals surface area contributed by atoms with Crippen molar-refractivity contribution in [1.29, 1.82) is 0 Å². The number of amides is 1. The third-order valence-electron chi connectivity index (χ3n) is 4.00. The molecule has 2 nitrogen and oxygen atoms in total. The molecule has 0 unspecified atom stereocenters. The molecule has 1 amide bonds. The van der Waals surface area contributed by atoms with E-state index in [1.807, 2.05) is 24.3 Å². The topological polar surface area (TPSA) is 20.3 Å². The molecule has 24 heavy (non-hydrogen) atoms. The molecule has 0 aromatic heterocycles. The van der Waals surface area contributed by atoms with E-state index in [0.717, 1.165) is 5.69 Å². The molecular formula is C21H20NOP. The summed E-state index contributed by atoms with van der Waals surface area (Å²) in [6.45, 7) is 1.58. The van der Waals surface area contributed by atoms with E-state index in [4.69, 9.17) is 0 Å². The van der Waals surface area contributed by atoms with Crippen LogP contribution in [0.5, 0.6) is 0 Å². The average Bonchev–Trinajstić information content (AvgIpc) is 2.64. The molecule has 120 valence electrons. The van der Waals surface area contributed by atoms with Crippen LogP contribution in [0.25, 0.3) is 0 Å². The van der Waals surface area contributed by atoms with Crippen LogP contribution in [0.15, 0.2) is 84.9 Å². The molecule has 3 heteroatoms. The third kappa shape index (κ3) is 3.55. The molecule has 0 bridgehead atoms. The number of anilines is 1. The van der Waals surface area contributed by atoms with Crippen LogP contribution in [0.2, 0.25) is 0 Å². The molecule has 0 spiro atoms. The fraction of sp³-hybridized carbons (Fsp3) is 0.0952. The fourth-order valence-electron chi connectivity index (χ4n) is 2.61. The van der Waals surface area contributed by atoms with Crippen molar-refractivity contribution in [3.05, 3.63) is 84.9 Å². The lowest BCUT2D eigenvalue weighted by atomic mass is 10.3. The first-order valence-electron chi connectivity index (χ1n) is 7.91. The maximum absolute atomic E-state index is 11.5. The van der Waals surface area contributed by atoms with E-state index in [1.165, 1.54) is 15.9 Å². The SMILES string of the molecule is CC(=O)N(C)c1ccc(P(c2ccccc2)c2ccccc2)cc1. The van der Waals surface area contributed by atoms with Crippen LogP contribution >= 0.6 is 7.92 Å². The van der Waals surface area contributed by atoms with E-state index in [9.17, 15) is 4.79 Å². The highest BCUT2D eigenvalue weighted by Gasteiger charge is 2.16. The van der Waals surface area contributed by atoms with Crippen molar-refractivity contribution in [3.8, 4) is 0 Å². The summed E-state index contributed by atoms with van der Waals surface area (Å²) in [6.07, 6.45) is 0. The standard InChI is InChI=1S/C21H20NOP/c1-17(23)22(2)18-13-15-21(16-14-18)24(19-9-5-3-6-10-19)20-11-7-4-8-12-20/h3-16H,1-2H3. The van der Waals surface area contributed by atoms with Crippen LogP contribution in [0.1, 0.15) is 6.92 Å². The van der Waals surface area contributed by atoms with E-state index in [1.54, 1.807) is 18.9 Å². The third-order valence-corrected chi connectivity index (χ3v) is 6.44. The van der Waals surface area contributed by atoms with Gasteiger partial charge in [0.15, 0.2) is 0 Å². The zero-order chi connectivity index (χ0) is 16.9. The number of hydrogen-bond acceptors (Lipinski definition) is 1. The molecule has 0 aliphatic rings. The zero-order valence-corrected chi connectivity index (χ0v) is 14.8. The van der Waals surface area contributed by atoms with Gasteiger partial charge in [-0.1, -0.05) is 72.8 Å². The van der Waals surface area contributed by atoms with Gasteiger partial charge in [-0.05, 0) is 36.0 Å². The summed E-state index contributed by atoms with van der Waals surface area (Å²) in [5, 5.41) is 3.93. The quantitative estimate of drug-likeness (QED) is 0.670. The van der Waals surface area contributed by atoms with Crippen molar-refractivity contribution in [3.63, 3.8) is 0 Å². The first-order chi connectivity index (χ1) is 11.7. The average molecular weight is 333 g/mol. The predicted molar refractivity (Wildman–Crippen MR) is 104 cm³/mol. The van der Waals surface area contributed by atoms with Gasteiger partial charge in [0, 0.05) is 19.7 Å². The Hall–Kier alpha value is -2.44. The highest BCUT2D eigenvalue weighted by molar-refractivity contribution is 7.79. The van der Waals surface area contributed by atoms with E-state index in [-0.39, 0.29) is 5.91 Å². The molecule has 0 aliphatic heterocycles. The largest absolute Gasteiger partial charge is 0.316 e. The van der Waals surface area contributed by atoms with Gasteiger partial charge in [0.25, 0.3) is 0 Å². The van der Waals surface area contributed by atoms with Gasteiger partial charge in [-0.2, -0.15) is 0 Å². The highest BCUT2D eigenvalue weighted by atomic mass is 31.1. The Morgan fingerprint density at radius 3 is 1.54 bits per heavy atom. The molecule has 0 fully saturated rings. The summed E-state index contributed by atoms with van der Waals surface area (Å²) < 4.78 is 0. The fourth-order valence-corrected chi connectivity index (χ4v) is 4.89. The number of carbonyl (C=O) groups excluding carboxylic acids is 1. The van der Waals surface area contributed by atoms with Crippen molar-refractivity contribution in [2.24, 2.45) is 0 Å². The molecule has 0 aliphatic carbocycles. The zero-order valence-electron chi connectivity index (χ0n) is 13.9. The van der Waals surface area contributed by atoms with E-state index in [2.05, 4.69) is 60.7 Å². The monoisotopic (exact) mass is 333 g/mol. The van der Waals surface area contributed by atoms with Crippen LogP contribution in [0.4, 0.5) is 5.69 Å². The van der Waals surface area contributed by atoms with Crippen molar-refractivity contribution in [2.45, 2.75) is 6.92 Å². The Labute approximate surface area is 144 Å². The lowest BCUT2D eigenvalue weighted by molar-refractivity contribution is -0.116. The summed E-state index contributed by atoms with van der Waals surface area (Å²) in [7, 11) is 1.20. The highest BCUT2D eigenvalue weighted by Crippen LogP contribution is 2.33. The molecular weight excluding hydrogens is 313 g/mol. The molecule has 0 saturated carbocycles. The van der Waals surface area contributed by atoms with Gasteiger partial charge in [0.1, 0.15) is 0 Å². The van der Waals surface area contributed by atoms with E-state index >= 15 is 0 Å². The van der Waals surface area contributed by atoms with Crippen molar-refractivity contribution in [1.82, 2.24) is 0 Å². The van der Waals surface area contributed by atoms with Crippen molar-refractivity contribution < 1.29 is 4.79 Å². The van der Waals surface area contributed by atoms with Crippen LogP contribution in [0, 0.1) is 0 Å². The second kappa shape index (κ2) is 7.42. The summed E-state index contributed by atoms with van der Waals surface area (Å²) in [5.74, 6) is 0.0381. The number of rotatable bonds is 4. The molecule has 3 rings (SSSR count).